The number of piperidine rings is 1. The molecule has 0 unspecified atom stereocenters. The van der Waals surface area contributed by atoms with E-state index in [1.807, 2.05) is 18.2 Å². The standard InChI is InChI=1S/C23H24FN3O3/c1-30-21-14-18(26-11-5-2-6-12-26)10-9-16(21)13-20-22(28)27(23(29)25-20)15-17-7-3-4-8-19(17)24/h3-4,7-10,13-14H,2,5-6,11-12,15H2,1H3,(H,25,29)/b20-13+. The summed E-state index contributed by atoms with van der Waals surface area (Å²) in [4.78, 5) is 28.4. The van der Waals surface area contributed by atoms with Crippen molar-refractivity contribution in [3.8, 4) is 5.75 Å². The molecule has 4 rings (SSSR count). The van der Waals surface area contributed by atoms with Crippen LogP contribution in [-0.4, -0.2) is 37.0 Å². The number of hydrogen-bond donors (Lipinski definition) is 1. The predicted octanol–water partition coefficient (Wildman–Crippen LogP) is 3.92. The summed E-state index contributed by atoms with van der Waals surface area (Å²) >= 11 is 0. The second-order valence-corrected chi connectivity index (χ2v) is 7.44. The van der Waals surface area contributed by atoms with Gasteiger partial charge in [-0.1, -0.05) is 18.2 Å². The molecular weight excluding hydrogens is 385 g/mol. The zero-order chi connectivity index (χ0) is 21.1. The first kappa shape index (κ1) is 19.9. The number of nitrogens with one attached hydrogen (secondary N) is 1. The van der Waals surface area contributed by atoms with E-state index < -0.39 is 17.8 Å². The summed E-state index contributed by atoms with van der Waals surface area (Å²) < 4.78 is 19.5. The number of nitrogens with zero attached hydrogens (tertiary/aromatic N) is 2. The van der Waals surface area contributed by atoms with Crippen LogP contribution in [0.3, 0.4) is 0 Å². The second kappa shape index (κ2) is 8.57. The predicted molar refractivity (Wildman–Crippen MR) is 113 cm³/mol. The fraction of sp³-hybridized carbons (Fsp3) is 0.304. The number of anilines is 1. The van der Waals surface area contributed by atoms with Gasteiger partial charge in [0.1, 0.15) is 17.3 Å². The van der Waals surface area contributed by atoms with Crippen LogP contribution in [0, 0.1) is 5.82 Å². The number of carbonyl (C=O) groups excluding carboxylic acids is 2. The molecule has 0 saturated carbocycles. The fourth-order valence-electron chi connectivity index (χ4n) is 3.84. The molecule has 156 valence electrons. The minimum Gasteiger partial charge on any atom is -0.496 e. The SMILES string of the molecule is COc1cc(N2CCCCC2)ccc1/C=C1/NC(=O)N(Cc2ccccc2F)C1=O. The highest BCUT2D eigenvalue weighted by atomic mass is 19.1. The van der Waals surface area contributed by atoms with Crippen LogP contribution in [0.1, 0.15) is 30.4 Å². The third kappa shape index (κ3) is 4.01. The third-order valence-corrected chi connectivity index (χ3v) is 5.49. The van der Waals surface area contributed by atoms with Crippen molar-refractivity contribution in [2.45, 2.75) is 25.8 Å². The summed E-state index contributed by atoms with van der Waals surface area (Å²) in [6.07, 6.45) is 5.20. The van der Waals surface area contributed by atoms with Gasteiger partial charge in [-0.15, -0.1) is 0 Å². The Kier molecular flexibility index (Phi) is 5.70. The molecule has 30 heavy (non-hydrogen) atoms. The first-order chi connectivity index (χ1) is 14.6. The summed E-state index contributed by atoms with van der Waals surface area (Å²) in [5, 5.41) is 2.58. The molecule has 0 aliphatic carbocycles. The van der Waals surface area contributed by atoms with E-state index in [4.69, 9.17) is 4.74 Å². The molecule has 2 aliphatic heterocycles. The number of imide groups is 1. The Hall–Kier alpha value is -3.35. The third-order valence-electron chi connectivity index (χ3n) is 5.49. The molecule has 0 atom stereocenters. The lowest BCUT2D eigenvalue weighted by atomic mass is 10.1. The van der Waals surface area contributed by atoms with Gasteiger partial charge in [0.15, 0.2) is 0 Å². The maximum atomic E-state index is 13.9. The van der Waals surface area contributed by atoms with Crippen molar-refractivity contribution >= 4 is 23.7 Å². The van der Waals surface area contributed by atoms with E-state index in [1.165, 1.54) is 25.3 Å². The fourth-order valence-corrected chi connectivity index (χ4v) is 3.84. The van der Waals surface area contributed by atoms with Crippen LogP contribution in [0.25, 0.3) is 6.08 Å². The molecule has 2 heterocycles. The maximum Gasteiger partial charge on any atom is 0.329 e. The molecule has 0 radical (unpaired) electrons. The summed E-state index contributed by atoms with van der Waals surface area (Å²) in [6, 6.07) is 11.4. The van der Waals surface area contributed by atoms with Gasteiger partial charge in [0.05, 0.1) is 13.7 Å². The molecule has 0 spiro atoms. The molecule has 2 aromatic rings. The Morgan fingerprint density at radius 1 is 1.10 bits per heavy atom. The monoisotopic (exact) mass is 409 g/mol. The van der Waals surface area contributed by atoms with Crippen molar-refractivity contribution in [3.05, 3.63) is 65.1 Å². The number of benzene rings is 2. The lowest BCUT2D eigenvalue weighted by Crippen LogP contribution is -2.30. The number of amides is 3. The number of urea groups is 1. The Bertz CT molecular complexity index is 999. The van der Waals surface area contributed by atoms with Crippen molar-refractivity contribution < 1.29 is 18.7 Å². The molecule has 7 heteroatoms. The molecule has 6 nitrogen and oxygen atoms in total. The molecule has 2 aromatic carbocycles. The van der Waals surface area contributed by atoms with Crippen molar-refractivity contribution in [2.75, 3.05) is 25.1 Å². The van der Waals surface area contributed by atoms with E-state index in [1.54, 1.807) is 31.4 Å². The first-order valence-electron chi connectivity index (χ1n) is 10.1. The molecule has 2 aliphatic rings. The quantitative estimate of drug-likeness (QED) is 0.601. The number of hydrogen-bond acceptors (Lipinski definition) is 4. The summed E-state index contributed by atoms with van der Waals surface area (Å²) in [5.74, 6) is -0.323. The van der Waals surface area contributed by atoms with E-state index in [0.717, 1.165) is 23.7 Å². The Labute approximate surface area is 174 Å². The van der Waals surface area contributed by atoms with Crippen LogP contribution in [-0.2, 0) is 11.3 Å². The van der Waals surface area contributed by atoms with E-state index in [0.29, 0.717) is 11.3 Å². The van der Waals surface area contributed by atoms with E-state index in [2.05, 4.69) is 10.2 Å². The van der Waals surface area contributed by atoms with Crippen molar-refractivity contribution in [2.24, 2.45) is 0 Å². The number of methoxy groups -OCH3 is 1. The van der Waals surface area contributed by atoms with Gasteiger partial charge in [-0.2, -0.15) is 0 Å². The van der Waals surface area contributed by atoms with Crippen molar-refractivity contribution in [1.82, 2.24) is 10.2 Å². The molecule has 2 saturated heterocycles. The Morgan fingerprint density at radius 2 is 1.87 bits per heavy atom. The maximum absolute atomic E-state index is 13.9. The highest BCUT2D eigenvalue weighted by molar-refractivity contribution is 6.14. The van der Waals surface area contributed by atoms with Gasteiger partial charge in [-0.05, 0) is 43.5 Å². The van der Waals surface area contributed by atoms with E-state index >= 15 is 0 Å². The number of rotatable bonds is 5. The highest BCUT2D eigenvalue weighted by Gasteiger charge is 2.34. The molecule has 1 N–H and O–H groups in total. The lowest BCUT2D eigenvalue weighted by Gasteiger charge is -2.29. The topological polar surface area (TPSA) is 61.9 Å². The number of ether oxygens (including phenoxy) is 1. The second-order valence-electron chi connectivity index (χ2n) is 7.44. The smallest absolute Gasteiger partial charge is 0.329 e. The Morgan fingerprint density at radius 3 is 2.60 bits per heavy atom. The van der Waals surface area contributed by atoms with Gasteiger partial charge in [0.25, 0.3) is 5.91 Å². The Balaban J connectivity index is 1.56. The van der Waals surface area contributed by atoms with Gasteiger partial charge in [0.2, 0.25) is 0 Å². The van der Waals surface area contributed by atoms with E-state index in [-0.39, 0.29) is 17.8 Å². The molecule has 2 fully saturated rings. The largest absolute Gasteiger partial charge is 0.496 e. The lowest BCUT2D eigenvalue weighted by molar-refractivity contribution is -0.123. The number of halogens is 1. The molecule has 0 aromatic heterocycles. The first-order valence-corrected chi connectivity index (χ1v) is 10.1. The average Bonchev–Trinajstić information content (AvgIpc) is 3.03. The van der Waals surface area contributed by atoms with Crippen LogP contribution < -0.4 is 15.0 Å². The molecule has 3 amide bonds. The van der Waals surface area contributed by atoms with Crippen LogP contribution >= 0.6 is 0 Å². The van der Waals surface area contributed by atoms with Crippen LogP contribution in [0.4, 0.5) is 14.9 Å². The summed E-state index contributed by atoms with van der Waals surface area (Å²) in [7, 11) is 1.58. The van der Waals surface area contributed by atoms with Crippen molar-refractivity contribution in [1.29, 1.82) is 0 Å². The minimum atomic E-state index is -0.571. The van der Waals surface area contributed by atoms with E-state index in [9.17, 15) is 14.0 Å². The molecule has 0 bridgehead atoms. The average molecular weight is 409 g/mol. The van der Waals surface area contributed by atoms with Crippen molar-refractivity contribution in [3.63, 3.8) is 0 Å². The normalized spacial score (nSPS) is 18.1. The highest BCUT2D eigenvalue weighted by Crippen LogP contribution is 2.30. The van der Waals surface area contributed by atoms with Gasteiger partial charge in [0, 0.05) is 36.0 Å². The van der Waals surface area contributed by atoms with Gasteiger partial charge >= 0.3 is 6.03 Å². The summed E-state index contributed by atoms with van der Waals surface area (Å²) in [6.45, 7) is 1.91. The van der Waals surface area contributed by atoms with Gasteiger partial charge in [-0.25, -0.2) is 9.18 Å². The van der Waals surface area contributed by atoms with Crippen LogP contribution in [0.2, 0.25) is 0 Å². The zero-order valence-corrected chi connectivity index (χ0v) is 16.9. The van der Waals surface area contributed by atoms with Crippen LogP contribution in [0.5, 0.6) is 5.75 Å². The van der Waals surface area contributed by atoms with Gasteiger partial charge < -0.3 is 15.0 Å². The molecular formula is C23H24FN3O3. The minimum absolute atomic E-state index is 0.125. The van der Waals surface area contributed by atoms with Crippen LogP contribution in [0.15, 0.2) is 48.2 Å². The zero-order valence-electron chi connectivity index (χ0n) is 16.9. The summed E-state index contributed by atoms with van der Waals surface area (Å²) in [5.41, 5.74) is 2.19. The number of carbonyl (C=O) groups is 2. The van der Waals surface area contributed by atoms with Gasteiger partial charge in [-0.3, -0.25) is 9.69 Å².